The van der Waals surface area contributed by atoms with Gasteiger partial charge in [0.1, 0.15) is 12.7 Å². The third-order valence-electron chi connectivity index (χ3n) is 4.40. The second-order valence-electron chi connectivity index (χ2n) is 5.90. The highest BCUT2D eigenvalue weighted by atomic mass is 16.2. The number of aromatic nitrogens is 4. The standard InChI is InChI=1S/C18H18N6O/c25-18(15-2-1-3-17(12-15)24-13-20-21-14-24)23-10-8-22(9-11-23)16-4-6-19-7-5-16/h1-7,12-14H,8-11H2. The molecule has 1 amide bonds. The molecule has 126 valence electrons. The summed E-state index contributed by atoms with van der Waals surface area (Å²) in [6, 6.07) is 11.5. The summed E-state index contributed by atoms with van der Waals surface area (Å²) in [4.78, 5) is 21.1. The fourth-order valence-corrected chi connectivity index (χ4v) is 3.04. The van der Waals surface area contributed by atoms with Crippen LogP contribution in [0.2, 0.25) is 0 Å². The molecule has 1 aliphatic heterocycles. The zero-order valence-corrected chi connectivity index (χ0v) is 13.7. The maximum absolute atomic E-state index is 12.8. The lowest BCUT2D eigenvalue weighted by Crippen LogP contribution is -2.48. The quantitative estimate of drug-likeness (QED) is 0.728. The van der Waals surface area contributed by atoms with E-state index in [4.69, 9.17) is 0 Å². The van der Waals surface area contributed by atoms with Crippen LogP contribution in [0, 0.1) is 0 Å². The maximum atomic E-state index is 12.8. The van der Waals surface area contributed by atoms with Gasteiger partial charge in [0.25, 0.3) is 5.91 Å². The number of benzene rings is 1. The van der Waals surface area contributed by atoms with Crippen molar-refractivity contribution in [2.45, 2.75) is 0 Å². The van der Waals surface area contributed by atoms with Crippen molar-refractivity contribution >= 4 is 11.6 Å². The molecule has 1 saturated heterocycles. The summed E-state index contributed by atoms with van der Waals surface area (Å²) >= 11 is 0. The Hall–Kier alpha value is -3.22. The van der Waals surface area contributed by atoms with Gasteiger partial charge < -0.3 is 9.80 Å². The van der Waals surface area contributed by atoms with E-state index in [1.807, 2.05) is 41.3 Å². The molecule has 3 heterocycles. The summed E-state index contributed by atoms with van der Waals surface area (Å²) in [6.45, 7) is 3.05. The Morgan fingerprint density at radius 2 is 1.60 bits per heavy atom. The molecular weight excluding hydrogens is 316 g/mol. The summed E-state index contributed by atoms with van der Waals surface area (Å²) in [7, 11) is 0. The Morgan fingerprint density at radius 3 is 2.32 bits per heavy atom. The van der Waals surface area contributed by atoms with Crippen molar-refractivity contribution in [1.82, 2.24) is 24.6 Å². The zero-order chi connectivity index (χ0) is 17.1. The molecular formula is C18H18N6O. The van der Waals surface area contributed by atoms with Crippen molar-refractivity contribution in [3.63, 3.8) is 0 Å². The lowest BCUT2D eigenvalue weighted by Gasteiger charge is -2.36. The van der Waals surface area contributed by atoms with Crippen LogP contribution in [-0.4, -0.2) is 56.7 Å². The van der Waals surface area contributed by atoms with E-state index in [0.717, 1.165) is 24.5 Å². The first-order chi connectivity index (χ1) is 12.3. The normalized spacial score (nSPS) is 14.6. The smallest absolute Gasteiger partial charge is 0.254 e. The van der Waals surface area contributed by atoms with Gasteiger partial charge in [0.15, 0.2) is 0 Å². The molecule has 1 aromatic carbocycles. The van der Waals surface area contributed by atoms with Crippen LogP contribution in [0.25, 0.3) is 5.69 Å². The highest BCUT2D eigenvalue weighted by Crippen LogP contribution is 2.17. The van der Waals surface area contributed by atoms with Crippen LogP contribution in [0.4, 0.5) is 5.69 Å². The Bertz CT molecular complexity index is 841. The van der Waals surface area contributed by atoms with Crippen molar-refractivity contribution in [3.8, 4) is 5.69 Å². The minimum absolute atomic E-state index is 0.0595. The Balaban J connectivity index is 1.45. The molecule has 1 fully saturated rings. The number of piperazine rings is 1. The number of nitrogens with zero attached hydrogens (tertiary/aromatic N) is 6. The highest BCUT2D eigenvalue weighted by molar-refractivity contribution is 5.95. The number of pyridine rings is 1. The summed E-state index contributed by atoms with van der Waals surface area (Å²) in [6.07, 6.45) is 6.83. The minimum atomic E-state index is 0.0595. The van der Waals surface area contributed by atoms with E-state index in [-0.39, 0.29) is 5.91 Å². The number of rotatable bonds is 3. The third-order valence-corrected chi connectivity index (χ3v) is 4.40. The fourth-order valence-electron chi connectivity index (χ4n) is 3.04. The van der Waals surface area contributed by atoms with Crippen LogP contribution in [0.15, 0.2) is 61.4 Å². The number of anilines is 1. The molecule has 0 bridgehead atoms. The van der Waals surface area contributed by atoms with Gasteiger partial charge in [0.05, 0.1) is 0 Å². The number of carbonyl (C=O) groups is 1. The van der Waals surface area contributed by atoms with E-state index in [9.17, 15) is 4.79 Å². The minimum Gasteiger partial charge on any atom is -0.368 e. The lowest BCUT2D eigenvalue weighted by molar-refractivity contribution is 0.0746. The van der Waals surface area contributed by atoms with Crippen LogP contribution in [0.3, 0.4) is 0 Å². The fraction of sp³-hybridized carbons (Fsp3) is 0.222. The molecule has 0 radical (unpaired) electrons. The molecule has 3 aromatic rings. The molecule has 0 unspecified atom stereocenters. The van der Waals surface area contributed by atoms with Crippen molar-refractivity contribution in [3.05, 3.63) is 67.0 Å². The number of hydrogen-bond acceptors (Lipinski definition) is 5. The maximum Gasteiger partial charge on any atom is 0.254 e. The number of amides is 1. The predicted molar refractivity (Wildman–Crippen MR) is 93.7 cm³/mol. The third kappa shape index (κ3) is 3.21. The average molecular weight is 334 g/mol. The topological polar surface area (TPSA) is 67.2 Å². The summed E-state index contributed by atoms with van der Waals surface area (Å²) in [5.74, 6) is 0.0595. The van der Waals surface area contributed by atoms with Gasteiger partial charge in [-0.1, -0.05) is 6.07 Å². The van der Waals surface area contributed by atoms with Crippen LogP contribution < -0.4 is 4.90 Å². The van der Waals surface area contributed by atoms with Crippen LogP contribution in [-0.2, 0) is 0 Å². The monoisotopic (exact) mass is 334 g/mol. The first-order valence-electron chi connectivity index (χ1n) is 8.20. The van der Waals surface area contributed by atoms with Gasteiger partial charge in [-0.2, -0.15) is 0 Å². The van der Waals surface area contributed by atoms with Crippen molar-refractivity contribution in [2.24, 2.45) is 0 Å². The average Bonchev–Trinajstić information content (AvgIpc) is 3.23. The molecule has 7 nitrogen and oxygen atoms in total. The molecule has 1 aliphatic rings. The molecule has 25 heavy (non-hydrogen) atoms. The van der Waals surface area contributed by atoms with E-state index >= 15 is 0 Å². The molecule has 0 spiro atoms. The molecule has 7 heteroatoms. The van der Waals surface area contributed by atoms with Gasteiger partial charge in [-0.3, -0.25) is 14.3 Å². The van der Waals surface area contributed by atoms with Crippen molar-refractivity contribution in [2.75, 3.05) is 31.1 Å². The number of carbonyl (C=O) groups excluding carboxylic acids is 1. The van der Waals surface area contributed by atoms with Gasteiger partial charge in [-0.05, 0) is 30.3 Å². The Labute approximate surface area is 145 Å². The Kier molecular flexibility index (Phi) is 4.12. The first-order valence-corrected chi connectivity index (χ1v) is 8.20. The molecule has 0 saturated carbocycles. The van der Waals surface area contributed by atoms with E-state index in [2.05, 4.69) is 20.1 Å². The van der Waals surface area contributed by atoms with Gasteiger partial charge in [-0.15, -0.1) is 10.2 Å². The van der Waals surface area contributed by atoms with Gasteiger partial charge >= 0.3 is 0 Å². The van der Waals surface area contributed by atoms with E-state index in [1.54, 1.807) is 29.6 Å². The second-order valence-corrected chi connectivity index (χ2v) is 5.90. The predicted octanol–water partition coefficient (Wildman–Crippen LogP) is 1.62. The lowest BCUT2D eigenvalue weighted by atomic mass is 10.1. The van der Waals surface area contributed by atoms with E-state index in [1.165, 1.54) is 0 Å². The summed E-state index contributed by atoms with van der Waals surface area (Å²) in [5, 5.41) is 7.62. The molecule has 0 atom stereocenters. The van der Waals surface area contributed by atoms with E-state index in [0.29, 0.717) is 18.7 Å². The SMILES string of the molecule is O=C(c1cccc(-n2cnnc2)c1)N1CCN(c2ccncc2)CC1. The van der Waals surface area contributed by atoms with Gasteiger partial charge in [-0.25, -0.2) is 0 Å². The summed E-state index contributed by atoms with van der Waals surface area (Å²) < 4.78 is 1.79. The largest absolute Gasteiger partial charge is 0.368 e. The van der Waals surface area contributed by atoms with Crippen molar-refractivity contribution in [1.29, 1.82) is 0 Å². The Morgan fingerprint density at radius 1 is 0.880 bits per heavy atom. The molecule has 0 aliphatic carbocycles. The van der Waals surface area contributed by atoms with Crippen molar-refractivity contribution < 1.29 is 4.79 Å². The first kappa shape index (κ1) is 15.3. The van der Waals surface area contributed by atoms with Crippen LogP contribution in [0.1, 0.15) is 10.4 Å². The van der Waals surface area contributed by atoms with Crippen LogP contribution in [0.5, 0.6) is 0 Å². The van der Waals surface area contributed by atoms with Gasteiger partial charge in [0.2, 0.25) is 0 Å². The highest BCUT2D eigenvalue weighted by Gasteiger charge is 2.22. The number of hydrogen-bond donors (Lipinski definition) is 0. The zero-order valence-electron chi connectivity index (χ0n) is 13.7. The molecule has 0 N–H and O–H groups in total. The molecule has 2 aromatic heterocycles. The molecule has 4 rings (SSSR count). The second kappa shape index (κ2) is 6.72. The van der Waals surface area contributed by atoms with Crippen LogP contribution >= 0.6 is 0 Å². The summed E-state index contributed by atoms with van der Waals surface area (Å²) in [5.41, 5.74) is 2.71. The van der Waals surface area contributed by atoms with Gasteiger partial charge in [0, 0.05) is 55.5 Å². The van der Waals surface area contributed by atoms with E-state index < -0.39 is 0 Å².